The minimum atomic E-state index is 0.551. The van der Waals surface area contributed by atoms with E-state index in [0.717, 1.165) is 18.7 Å². The molecule has 0 radical (unpaired) electrons. The van der Waals surface area contributed by atoms with Gasteiger partial charge in [-0.25, -0.2) is 4.52 Å². The molecule has 1 fully saturated rings. The lowest BCUT2D eigenvalue weighted by Gasteiger charge is -2.23. The number of fused-ring (bicyclic) bond motifs is 1. The Morgan fingerprint density at radius 2 is 2.41 bits per heavy atom. The second-order valence-electron chi connectivity index (χ2n) is 4.47. The normalized spacial score (nSPS) is 20.6. The van der Waals surface area contributed by atoms with Crippen molar-refractivity contribution in [2.24, 2.45) is 0 Å². The lowest BCUT2D eigenvalue weighted by atomic mass is 10.1. The summed E-state index contributed by atoms with van der Waals surface area (Å²) in [7, 11) is 0. The van der Waals surface area contributed by atoms with Crippen LogP contribution in [0.15, 0.2) is 24.4 Å². The molecule has 3 heterocycles. The van der Waals surface area contributed by atoms with Gasteiger partial charge in [-0.15, -0.1) is 5.10 Å². The summed E-state index contributed by atoms with van der Waals surface area (Å²) in [6, 6.07) is 6.43. The van der Waals surface area contributed by atoms with E-state index in [4.69, 9.17) is 0 Å². The molecule has 1 saturated heterocycles. The molecule has 0 spiro atoms. The Bertz CT molecular complexity index is 453. The van der Waals surface area contributed by atoms with Crippen LogP contribution in [-0.4, -0.2) is 33.7 Å². The predicted octanol–water partition coefficient (Wildman–Crippen LogP) is 1.28. The van der Waals surface area contributed by atoms with E-state index in [1.54, 1.807) is 4.52 Å². The topological polar surface area (TPSA) is 54.2 Å². The number of hydrogen-bond donors (Lipinski definition) is 2. The van der Waals surface area contributed by atoms with Crippen molar-refractivity contribution in [2.45, 2.75) is 25.3 Å². The van der Waals surface area contributed by atoms with Gasteiger partial charge in [-0.05, 0) is 31.5 Å². The summed E-state index contributed by atoms with van der Waals surface area (Å²) < 4.78 is 1.79. The summed E-state index contributed by atoms with van der Waals surface area (Å²) in [5, 5.41) is 11.2. The maximum atomic E-state index is 4.41. The summed E-state index contributed by atoms with van der Waals surface area (Å²) in [5.41, 5.74) is 0.881. The van der Waals surface area contributed by atoms with E-state index >= 15 is 0 Å². The Morgan fingerprint density at radius 3 is 3.24 bits per heavy atom. The first-order valence-electron chi connectivity index (χ1n) is 6.20. The molecule has 3 rings (SSSR count). The molecule has 0 bridgehead atoms. The second kappa shape index (κ2) is 4.71. The predicted molar refractivity (Wildman–Crippen MR) is 67.1 cm³/mol. The average Bonchev–Trinajstić information content (AvgIpc) is 2.80. The van der Waals surface area contributed by atoms with E-state index in [-0.39, 0.29) is 0 Å². The molecular weight excluding hydrogens is 214 g/mol. The number of pyridine rings is 1. The molecule has 1 aliphatic heterocycles. The molecule has 0 aromatic carbocycles. The fourth-order valence-corrected chi connectivity index (χ4v) is 2.22. The third-order valence-electron chi connectivity index (χ3n) is 3.16. The zero-order chi connectivity index (χ0) is 11.5. The van der Waals surface area contributed by atoms with Crippen molar-refractivity contribution < 1.29 is 0 Å². The van der Waals surface area contributed by atoms with Crippen LogP contribution >= 0.6 is 0 Å². The highest BCUT2D eigenvalue weighted by molar-refractivity contribution is 5.42. The molecule has 1 aliphatic rings. The van der Waals surface area contributed by atoms with E-state index in [1.165, 1.54) is 19.3 Å². The van der Waals surface area contributed by atoms with Crippen LogP contribution in [-0.2, 0) is 0 Å². The number of nitrogens with one attached hydrogen (secondary N) is 2. The molecular formula is C12H17N5. The fourth-order valence-electron chi connectivity index (χ4n) is 2.22. The molecule has 1 unspecified atom stereocenters. The third kappa shape index (κ3) is 2.39. The molecule has 5 heteroatoms. The molecule has 2 aromatic heterocycles. The Balaban J connectivity index is 1.64. The lowest BCUT2D eigenvalue weighted by molar-refractivity contribution is 0.413. The number of rotatable bonds is 3. The van der Waals surface area contributed by atoms with Gasteiger partial charge in [0, 0.05) is 18.8 Å². The SMILES string of the molecule is c1ccn2nc(NCC3CCCCN3)nc2c1. The molecule has 0 saturated carbocycles. The summed E-state index contributed by atoms with van der Waals surface area (Å²) in [6.07, 6.45) is 5.76. The molecule has 90 valence electrons. The van der Waals surface area contributed by atoms with Gasteiger partial charge in [-0.1, -0.05) is 12.5 Å². The smallest absolute Gasteiger partial charge is 0.243 e. The molecule has 2 aromatic rings. The largest absolute Gasteiger partial charge is 0.351 e. The molecule has 5 nitrogen and oxygen atoms in total. The van der Waals surface area contributed by atoms with Crippen molar-refractivity contribution >= 4 is 11.6 Å². The van der Waals surface area contributed by atoms with Gasteiger partial charge in [0.2, 0.25) is 5.95 Å². The van der Waals surface area contributed by atoms with Crippen molar-refractivity contribution in [1.82, 2.24) is 19.9 Å². The van der Waals surface area contributed by atoms with Crippen LogP contribution in [0, 0.1) is 0 Å². The number of piperidine rings is 1. The minimum absolute atomic E-state index is 0.551. The van der Waals surface area contributed by atoms with Crippen molar-refractivity contribution in [3.8, 4) is 0 Å². The third-order valence-corrected chi connectivity index (χ3v) is 3.16. The van der Waals surface area contributed by atoms with E-state index in [9.17, 15) is 0 Å². The number of nitrogens with zero attached hydrogens (tertiary/aromatic N) is 3. The van der Waals surface area contributed by atoms with Crippen LogP contribution in [0.4, 0.5) is 5.95 Å². The van der Waals surface area contributed by atoms with Crippen LogP contribution in [0.5, 0.6) is 0 Å². The first-order valence-corrected chi connectivity index (χ1v) is 6.20. The summed E-state index contributed by atoms with van der Waals surface area (Å²) in [5.74, 6) is 0.712. The monoisotopic (exact) mass is 231 g/mol. The van der Waals surface area contributed by atoms with Gasteiger partial charge >= 0.3 is 0 Å². The number of anilines is 1. The second-order valence-corrected chi connectivity index (χ2v) is 4.47. The molecule has 0 amide bonds. The Morgan fingerprint density at radius 1 is 1.41 bits per heavy atom. The van der Waals surface area contributed by atoms with Gasteiger partial charge < -0.3 is 10.6 Å². The van der Waals surface area contributed by atoms with E-state index < -0.39 is 0 Å². The van der Waals surface area contributed by atoms with E-state index in [1.807, 2.05) is 24.4 Å². The minimum Gasteiger partial charge on any atom is -0.351 e. The van der Waals surface area contributed by atoms with Gasteiger partial charge in [-0.2, -0.15) is 4.98 Å². The van der Waals surface area contributed by atoms with Crippen LogP contribution in [0.3, 0.4) is 0 Å². The van der Waals surface area contributed by atoms with Crippen molar-refractivity contribution in [3.63, 3.8) is 0 Å². The van der Waals surface area contributed by atoms with Crippen LogP contribution in [0.1, 0.15) is 19.3 Å². The molecule has 17 heavy (non-hydrogen) atoms. The van der Waals surface area contributed by atoms with Gasteiger partial charge in [0.1, 0.15) is 0 Å². The summed E-state index contributed by atoms with van der Waals surface area (Å²) >= 11 is 0. The van der Waals surface area contributed by atoms with Gasteiger partial charge in [0.05, 0.1) is 0 Å². The Labute approximate surface area is 100 Å². The van der Waals surface area contributed by atoms with Crippen molar-refractivity contribution in [1.29, 1.82) is 0 Å². The Kier molecular flexibility index (Phi) is 2.92. The lowest BCUT2D eigenvalue weighted by Crippen LogP contribution is -2.39. The van der Waals surface area contributed by atoms with Crippen molar-refractivity contribution in [2.75, 3.05) is 18.4 Å². The van der Waals surface area contributed by atoms with E-state index in [0.29, 0.717) is 12.0 Å². The standard InChI is InChI=1S/C12H17N5/c1-3-7-13-10(5-1)9-14-12-15-11-6-2-4-8-17(11)16-12/h2,4,6,8,10,13H,1,3,5,7,9H2,(H,14,16). The highest BCUT2D eigenvalue weighted by atomic mass is 15.3. The highest BCUT2D eigenvalue weighted by Gasteiger charge is 2.12. The molecule has 0 aliphatic carbocycles. The summed E-state index contributed by atoms with van der Waals surface area (Å²) in [4.78, 5) is 4.41. The number of hydrogen-bond acceptors (Lipinski definition) is 4. The zero-order valence-corrected chi connectivity index (χ0v) is 9.76. The van der Waals surface area contributed by atoms with Crippen LogP contribution in [0.2, 0.25) is 0 Å². The molecule has 2 N–H and O–H groups in total. The highest BCUT2D eigenvalue weighted by Crippen LogP contribution is 2.08. The van der Waals surface area contributed by atoms with Gasteiger partial charge in [-0.3, -0.25) is 0 Å². The summed E-state index contributed by atoms with van der Waals surface area (Å²) in [6.45, 7) is 2.03. The Hall–Kier alpha value is -1.62. The maximum absolute atomic E-state index is 4.41. The van der Waals surface area contributed by atoms with E-state index in [2.05, 4.69) is 20.7 Å². The first kappa shape index (κ1) is 10.5. The number of aromatic nitrogens is 3. The maximum Gasteiger partial charge on any atom is 0.243 e. The quantitative estimate of drug-likeness (QED) is 0.835. The zero-order valence-electron chi connectivity index (χ0n) is 9.76. The van der Waals surface area contributed by atoms with Crippen LogP contribution < -0.4 is 10.6 Å². The average molecular weight is 231 g/mol. The van der Waals surface area contributed by atoms with Gasteiger partial charge in [0.25, 0.3) is 0 Å². The molecule has 1 atom stereocenters. The first-order chi connectivity index (χ1) is 8.42. The van der Waals surface area contributed by atoms with Crippen molar-refractivity contribution in [3.05, 3.63) is 24.4 Å². The fraction of sp³-hybridized carbons (Fsp3) is 0.500. The van der Waals surface area contributed by atoms with Gasteiger partial charge in [0.15, 0.2) is 5.65 Å². The van der Waals surface area contributed by atoms with Crippen LogP contribution in [0.25, 0.3) is 5.65 Å².